The van der Waals surface area contributed by atoms with Gasteiger partial charge in [0.15, 0.2) is 0 Å². The molecule has 1 fully saturated rings. The summed E-state index contributed by atoms with van der Waals surface area (Å²) in [6.45, 7) is 2.82. The Hall–Kier alpha value is -1.13. The van der Waals surface area contributed by atoms with Crippen molar-refractivity contribution in [3.8, 4) is 0 Å². The van der Waals surface area contributed by atoms with Crippen LogP contribution in [-0.2, 0) is 6.54 Å². The van der Waals surface area contributed by atoms with E-state index >= 15 is 0 Å². The number of benzene rings is 1. The Labute approximate surface area is 99.0 Å². The molecule has 0 unspecified atom stereocenters. The van der Waals surface area contributed by atoms with Crippen molar-refractivity contribution in [2.45, 2.75) is 19.4 Å². The standard InChI is InChI=1S/C11H13ClN2O2/c12-11-4-3-10(14(15)16)7-9(11)8-13-5-1-2-6-13/h3-4,7H,1-2,5-6,8H2. The largest absolute Gasteiger partial charge is 0.299 e. The van der Waals surface area contributed by atoms with Gasteiger partial charge in [-0.25, -0.2) is 0 Å². The van der Waals surface area contributed by atoms with Crippen molar-refractivity contribution in [1.29, 1.82) is 0 Å². The van der Waals surface area contributed by atoms with Gasteiger partial charge in [-0.15, -0.1) is 0 Å². The Morgan fingerprint density at radius 3 is 2.69 bits per heavy atom. The summed E-state index contributed by atoms with van der Waals surface area (Å²) in [4.78, 5) is 12.5. The van der Waals surface area contributed by atoms with Crippen molar-refractivity contribution < 1.29 is 4.92 Å². The topological polar surface area (TPSA) is 46.4 Å². The number of likely N-dealkylation sites (tertiary alicyclic amines) is 1. The van der Waals surface area contributed by atoms with E-state index in [2.05, 4.69) is 4.90 Å². The summed E-state index contributed by atoms with van der Waals surface area (Å²) in [6.07, 6.45) is 2.40. The van der Waals surface area contributed by atoms with Crippen LogP contribution in [0.2, 0.25) is 5.02 Å². The molecular formula is C11H13ClN2O2. The summed E-state index contributed by atoms with van der Waals surface area (Å²) in [5.41, 5.74) is 0.955. The first kappa shape index (κ1) is 11.4. The normalized spacial score (nSPS) is 16.6. The van der Waals surface area contributed by atoms with E-state index in [1.165, 1.54) is 18.9 Å². The fourth-order valence-corrected chi connectivity index (χ4v) is 2.15. The summed E-state index contributed by atoms with van der Waals surface area (Å²) in [5, 5.41) is 11.3. The van der Waals surface area contributed by atoms with Gasteiger partial charge in [0.2, 0.25) is 0 Å². The third kappa shape index (κ3) is 2.51. The van der Waals surface area contributed by atoms with Crippen LogP contribution in [0.25, 0.3) is 0 Å². The molecule has 5 heteroatoms. The third-order valence-electron chi connectivity index (χ3n) is 2.83. The predicted molar refractivity (Wildman–Crippen MR) is 62.6 cm³/mol. The highest BCUT2D eigenvalue weighted by Gasteiger charge is 2.15. The second kappa shape index (κ2) is 4.80. The highest BCUT2D eigenvalue weighted by Crippen LogP contribution is 2.24. The molecule has 0 radical (unpaired) electrons. The molecule has 0 N–H and O–H groups in total. The molecule has 1 aliphatic rings. The average Bonchev–Trinajstić information content (AvgIpc) is 2.73. The van der Waals surface area contributed by atoms with Crippen molar-refractivity contribution in [1.82, 2.24) is 4.90 Å². The lowest BCUT2D eigenvalue weighted by Gasteiger charge is -2.15. The fourth-order valence-electron chi connectivity index (χ4n) is 1.98. The smallest absolute Gasteiger partial charge is 0.269 e. The van der Waals surface area contributed by atoms with Crippen LogP contribution in [0.5, 0.6) is 0 Å². The molecule has 0 bridgehead atoms. The van der Waals surface area contributed by atoms with Gasteiger partial charge in [-0.3, -0.25) is 15.0 Å². The van der Waals surface area contributed by atoms with Gasteiger partial charge >= 0.3 is 0 Å². The number of hydrogen-bond donors (Lipinski definition) is 0. The second-order valence-corrected chi connectivity index (χ2v) is 4.42. The lowest BCUT2D eigenvalue weighted by atomic mass is 10.2. The van der Waals surface area contributed by atoms with Gasteiger partial charge < -0.3 is 0 Å². The minimum absolute atomic E-state index is 0.110. The van der Waals surface area contributed by atoms with Crippen LogP contribution in [0.4, 0.5) is 5.69 Å². The van der Waals surface area contributed by atoms with Crippen LogP contribution >= 0.6 is 11.6 Å². The minimum atomic E-state index is -0.385. The van der Waals surface area contributed by atoms with Gasteiger partial charge in [0.05, 0.1) is 4.92 Å². The van der Waals surface area contributed by atoms with E-state index in [4.69, 9.17) is 11.6 Å². The zero-order chi connectivity index (χ0) is 11.5. The number of rotatable bonds is 3. The maximum absolute atomic E-state index is 10.7. The van der Waals surface area contributed by atoms with Crippen LogP contribution in [0, 0.1) is 10.1 Å². The number of nitrogens with zero attached hydrogens (tertiary/aromatic N) is 2. The average molecular weight is 241 g/mol. The van der Waals surface area contributed by atoms with Crippen molar-refractivity contribution in [3.05, 3.63) is 38.9 Å². The van der Waals surface area contributed by atoms with Crippen LogP contribution < -0.4 is 0 Å². The lowest BCUT2D eigenvalue weighted by Crippen LogP contribution is -2.18. The molecule has 1 saturated heterocycles. The quantitative estimate of drug-likeness (QED) is 0.603. The molecular weight excluding hydrogens is 228 g/mol. The molecule has 0 spiro atoms. The third-order valence-corrected chi connectivity index (χ3v) is 3.20. The van der Waals surface area contributed by atoms with Crippen LogP contribution in [0.1, 0.15) is 18.4 Å². The summed E-state index contributed by atoms with van der Waals surface area (Å²) >= 11 is 6.03. The molecule has 1 aliphatic heterocycles. The van der Waals surface area contributed by atoms with Gasteiger partial charge in [-0.1, -0.05) is 11.6 Å². The predicted octanol–water partition coefficient (Wildman–Crippen LogP) is 2.84. The number of hydrogen-bond acceptors (Lipinski definition) is 3. The number of halogens is 1. The Balaban J connectivity index is 2.17. The molecule has 4 nitrogen and oxygen atoms in total. The van der Waals surface area contributed by atoms with Crippen molar-refractivity contribution >= 4 is 17.3 Å². The van der Waals surface area contributed by atoms with Crippen LogP contribution in [0.3, 0.4) is 0 Å². The van der Waals surface area contributed by atoms with E-state index in [0.717, 1.165) is 18.7 Å². The van der Waals surface area contributed by atoms with E-state index in [-0.39, 0.29) is 10.6 Å². The van der Waals surface area contributed by atoms with Gasteiger partial charge in [-0.2, -0.15) is 0 Å². The molecule has 0 aliphatic carbocycles. The zero-order valence-electron chi connectivity index (χ0n) is 8.86. The summed E-state index contributed by atoms with van der Waals surface area (Å²) in [7, 11) is 0. The second-order valence-electron chi connectivity index (χ2n) is 4.02. The highest BCUT2D eigenvalue weighted by molar-refractivity contribution is 6.31. The molecule has 1 aromatic rings. The lowest BCUT2D eigenvalue weighted by molar-refractivity contribution is -0.384. The fraction of sp³-hybridized carbons (Fsp3) is 0.455. The zero-order valence-corrected chi connectivity index (χ0v) is 9.61. The Kier molecular flexibility index (Phi) is 3.41. The van der Waals surface area contributed by atoms with E-state index < -0.39 is 0 Å². The van der Waals surface area contributed by atoms with Crippen molar-refractivity contribution in [2.24, 2.45) is 0 Å². The molecule has 1 heterocycles. The first-order valence-corrected chi connectivity index (χ1v) is 5.70. The molecule has 0 aromatic heterocycles. The Morgan fingerprint density at radius 1 is 1.38 bits per heavy atom. The summed E-state index contributed by atoms with van der Waals surface area (Å²) in [5.74, 6) is 0. The van der Waals surface area contributed by atoms with Gasteiger partial charge in [0.1, 0.15) is 0 Å². The maximum atomic E-state index is 10.7. The molecule has 0 saturated carbocycles. The summed E-state index contributed by atoms with van der Waals surface area (Å²) < 4.78 is 0. The number of nitro groups is 1. The summed E-state index contributed by atoms with van der Waals surface area (Å²) in [6, 6.07) is 4.61. The molecule has 86 valence electrons. The molecule has 16 heavy (non-hydrogen) atoms. The minimum Gasteiger partial charge on any atom is -0.299 e. The number of non-ortho nitro benzene ring substituents is 1. The van der Waals surface area contributed by atoms with E-state index in [1.54, 1.807) is 12.1 Å². The van der Waals surface area contributed by atoms with Crippen LogP contribution in [0.15, 0.2) is 18.2 Å². The van der Waals surface area contributed by atoms with E-state index in [1.807, 2.05) is 0 Å². The number of nitro benzene ring substituents is 1. The van der Waals surface area contributed by atoms with Crippen molar-refractivity contribution in [3.63, 3.8) is 0 Å². The molecule has 1 aromatic carbocycles. The van der Waals surface area contributed by atoms with E-state index in [9.17, 15) is 10.1 Å². The van der Waals surface area contributed by atoms with E-state index in [0.29, 0.717) is 11.6 Å². The van der Waals surface area contributed by atoms with Crippen LogP contribution in [-0.4, -0.2) is 22.9 Å². The van der Waals surface area contributed by atoms with Gasteiger partial charge in [-0.05, 0) is 37.6 Å². The van der Waals surface area contributed by atoms with Gasteiger partial charge in [0, 0.05) is 23.7 Å². The molecule has 0 atom stereocenters. The maximum Gasteiger partial charge on any atom is 0.269 e. The first-order chi connectivity index (χ1) is 7.66. The van der Waals surface area contributed by atoms with Gasteiger partial charge in [0.25, 0.3) is 5.69 Å². The molecule has 0 amide bonds. The molecule has 2 rings (SSSR count). The Morgan fingerprint density at radius 2 is 2.06 bits per heavy atom. The van der Waals surface area contributed by atoms with Crippen molar-refractivity contribution in [2.75, 3.05) is 13.1 Å². The Bertz CT molecular complexity index is 403. The highest BCUT2D eigenvalue weighted by atomic mass is 35.5. The first-order valence-electron chi connectivity index (χ1n) is 5.32. The monoisotopic (exact) mass is 240 g/mol. The SMILES string of the molecule is O=[N+]([O-])c1ccc(Cl)c(CN2CCCC2)c1.